The van der Waals surface area contributed by atoms with E-state index in [1.54, 1.807) is 35.2 Å². The van der Waals surface area contributed by atoms with Crippen LogP contribution in [0.3, 0.4) is 0 Å². The van der Waals surface area contributed by atoms with Gasteiger partial charge >= 0.3 is 0 Å². The molecule has 12 nitrogen and oxygen atoms in total. The Hall–Kier alpha value is -6.32. The van der Waals surface area contributed by atoms with E-state index in [1.807, 2.05) is 32.0 Å². The zero-order valence-corrected chi connectivity index (χ0v) is 34.1. The van der Waals surface area contributed by atoms with Crippen molar-refractivity contribution in [1.82, 2.24) is 10.2 Å². The maximum atomic E-state index is 13.7. The predicted molar refractivity (Wildman–Crippen MR) is 226 cm³/mol. The lowest BCUT2D eigenvalue weighted by Gasteiger charge is -2.33. The number of amides is 5. The Labute approximate surface area is 352 Å². The molecule has 3 fully saturated rings. The number of anilines is 4. The molecular formula is C47H43ClN6O6. The Kier molecular flexibility index (Phi) is 9.82. The van der Waals surface area contributed by atoms with E-state index in [4.69, 9.17) is 11.6 Å². The highest BCUT2D eigenvalue weighted by molar-refractivity contribution is 6.32. The van der Waals surface area contributed by atoms with Crippen molar-refractivity contribution in [3.05, 3.63) is 106 Å². The molecule has 9 rings (SSSR count). The first kappa shape index (κ1) is 39.2. The number of rotatable bonds is 8. The standard InChI is InChI=1S/C47H43ClN6O6/c1-47(2)37-22-30(6-12-39(37)53(46(47)60)34-9-5-31(25-49)38(48)24-34)28-3-7-32(8-4-28)52-18-15-27(26-52)21-41(55)29-16-19-51(20-17-29)33-10-11-35-36(23-33)45(59)54(44(35)58)40-13-14-42(56)50-43(40)57/h3-12,22-24,27,29,40H,13-21,26H2,1-2H3,(H,50,56,57). The number of ketones is 1. The van der Waals surface area contributed by atoms with Crippen LogP contribution >= 0.6 is 11.6 Å². The molecule has 13 heteroatoms. The summed E-state index contributed by atoms with van der Waals surface area (Å²) in [5.74, 6) is -1.62. The lowest BCUT2D eigenvalue weighted by atomic mass is 9.84. The first-order valence-electron chi connectivity index (χ1n) is 20.5. The van der Waals surface area contributed by atoms with Gasteiger partial charge in [0, 0.05) is 56.3 Å². The Morgan fingerprint density at radius 1 is 0.783 bits per heavy atom. The van der Waals surface area contributed by atoms with Gasteiger partial charge in [-0.2, -0.15) is 5.26 Å². The van der Waals surface area contributed by atoms with Crippen LogP contribution in [-0.4, -0.2) is 72.4 Å². The van der Waals surface area contributed by atoms with Crippen LogP contribution in [0.1, 0.15) is 84.2 Å². The number of Topliss-reactive ketones (excluding diaryl/α,β-unsaturated/α-hetero) is 1. The fourth-order valence-corrected chi connectivity index (χ4v) is 9.79. The second kappa shape index (κ2) is 15.1. The van der Waals surface area contributed by atoms with Crippen LogP contribution in [0.4, 0.5) is 22.7 Å². The third-order valence-corrected chi connectivity index (χ3v) is 13.4. The van der Waals surface area contributed by atoms with E-state index in [0.29, 0.717) is 54.4 Å². The molecule has 4 aromatic carbocycles. The van der Waals surface area contributed by atoms with Crippen molar-refractivity contribution in [2.24, 2.45) is 11.8 Å². The van der Waals surface area contributed by atoms with E-state index < -0.39 is 35.1 Å². The summed E-state index contributed by atoms with van der Waals surface area (Å²) in [6.45, 7) is 6.85. The lowest BCUT2D eigenvalue weighted by Crippen LogP contribution is -2.54. The van der Waals surface area contributed by atoms with Gasteiger partial charge in [0.15, 0.2) is 0 Å². The van der Waals surface area contributed by atoms with Crippen molar-refractivity contribution < 1.29 is 28.8 Å². The second-order valence-corrected chi connectivity index (χ2v) is 17.4. The molecule has 0 saturated carbocycles. The van der Waals surface area contributed by atoms with Crippen LogP contribution in [0.2, 0.25) is 5.02 Å². The highest BCUT2D eigenvalue weighted by atomic mass is 35.5. The number of hydrogen-bond donors (Lipinski definition) is 1. The molecule has 0 spiro atoms. The fraction of sp³-hybridized carbons (Fsp3) is 0.340. The van der Waals surface area contributed by atoms with Crippen LogP contribution < -0.4 is 20.0 Å². The van der Waals surface area contributed by atoms with Gasteiger partial charge in [-0.25, -0.2) is 0 Å². The van der Waals surface area contributed by atoms with Gasteiger partial charge in [-0.05, 0) is 123 Å². The number of nitrogens with one attached hydrogen (secondary N) is 1. The number of benzene rings is 4. The van der Waals surface area contributed by atoms with E-state index in [1.165, 1.54) is 0 Å². The fourth-order valence-electron chi connectivity index (χ4n) is 9.57. The Balaban J connectivity index is 0.792. The molecule has 0 bridgehead atoms. The molecule has 60 heavy (non-hydrogen) atoms. The van der Waals surface area contributed by atoms with Gasteiger partial charge in [-0.1, -0.05) is 29.8 Å². The third-order valence-electron chi connectivity index (χ3n) is 13.1. The predicted octanol–water partition coefficient (Wildman–Crippen LogP) is 6.94. The number of nitriles is 1. The van der Waals surface area contributed by atoms with Crippen molar-refractivity contribution in [3.8, 4) is 17.2 Å². The average molecular weight is 823 g/mol. The molecule has 5 amide bonds. The summed E-state index contributed by atoms with van der Waals surface area (Å²) in [5.41, 5.74) is 6.40. The van der Waals surface area contributed by atoms with E-state index in [0.717, 1.165) is 58.2 Å². The number of imide groups is 2. The molecule has 0 aliphatic carbocycles. The maximum absolute atomic E-state index is 13.7. The minimum Gasteiger partial charge on any atom is -0.371 e. The molecule has 1 N–H and O–H groups in total. The first-order chi connectivity index (χ1) is 28.8. The number of fused-ring (bicyclic) bond motifs is 2. The van der Waals surface area contributed by atoms with Crippen molar-refractivity contribution >= 4 is 69.7 Å². The topological polar surface area (TPSA) is 151 Å². The monoisotopic (exact) mass is 822 g/mol. The summed E-state index contributed by atoms with van der Waals surface area (Å²) >= 11 is 6.34. The van der Waals surface area contributed by atoms with E-state index in [2.05, 4.69) is 51.5 Å². The van der Waals surface area contributed by atoms with Gasteiger partial charge < -0.3 is 9.80 Å². The first-order valence-corrected chi connectivity index (χ1v) is 20.9. The number of halogens is 1. The SMILES string of the molecule is CC1(C)C(=O)N(c2ccc(C#N)c(Cl)c2)c2ccc(-c3ccc(N4CCC(CC(=O)C5CCN(c6ccc7c(c6)C(=O)N(C6CCC(=O)NC6=O)C7=O)CC5)C4)cc3)cc21. The Morgan fingerprint density at radius 3 is 2.18 bits per heavy atom. The highest BCUT2D eigenvalue weighted by Gasteiger charge is 2.46. The van der Waals surface area contributed by atoms with Gasteiger partial charge in [0.25, 0.3) is 11.8 Å². The largest absolute Gasteiger partial charge is 0.371 e. The molecule has 5 heterocycles. The molecule has 304 valence electrons. The van der Waals surface area contributed by atoms with E-state index >= 15 is 0 Å². The number of nitrogens with zero attached hydrogens (tertiary/aromatic N) is 5. The van der Waals surface area contributed by atoms with Crippen LogP contribution in [0.25, 0.3) is 11.1 Å². The summed E-state index contributed by atoms with van der Waals surface area (Å²) < 4.78 is 0. The minimum absolute atomic E-state index is 0.0307. The summed E-state index contributed by atoms with van der Waals surface area (Å²) in [6.07, 6.45) is 3.08. The summed E-state index contributed by atoms with van der Waals surface area (Å²) in [4.78, 5) is 85.0. The van der Waals surface area contributed by atoms with E-state index in [9.17, 15) is 34.0 Å². The smallest absolute Gasteiger partial charge is 0.262 e. The van der Waals surface area contributed by atoms with Crippen molar-refractivity contribution in [2.75, 3.05) is 40.9 Å². The van der Waals surface area contributed by atoms with Gasteiger partial charge in [-0.3, -0.25) is 43.9 Å². The molecule has 5 aliphatic rings. The van der Waals surface area contributed by atoms with Crippen molar-refractivity contribution in [3.63, 3.8) is 0 Å². The van der Waals surface area contributed by atoms with Crippen molar-refractivity contribution in [2.45, 2.75) is 63.8 Å². The molecule has 0 aromatic heterocycles. The average Bonchev–Trinajstić information content (AvgIpc) is 3.87. The molecule has 0 radical (unpaired) electrons. The van der Waals surface area contributed by atoms with Gasteiger partial charge in [0.05, 0.1) is 38.5 Å². The van der Waals surface area contributed by atoms with Gasteiger partial charge in [-0.15, -0.1) is 0 Å². The number of carbonyl (C=O) groups is 6. The number of piperidine rings is 2. The number of hydrogen-bond acceptors (Lipinski definition) is 9. The summed E-state index contributed by atoms with van der Waals surface area (Å²) in [7, 11) is 0. The second-order valence-electron chi connectivity index (χ2n) is 17.0. The van der Waals surface area contributed by atoms with Crippen LogP contribution in [0.15, 0.2) is 78.9 Å². The van der Waals surface area contributed by atoms with Crippen LogP contribution in [0, 0.1) is 23.2 Å². The molecular weight excluding hydrogens is 780 g/mol. The molecule has 2 atom stereocenters. The quantitative estimate of drug-likeness (QED) is 0.187. The van der Waals surface area contributed by atoms with Gasteiger partial charge in [0.2, 0.25) is 17.7 Å². The number of carbonyl (C=O) groups excluding carboxylic acids is 6. The Bertz CT molecular complexity index is 2560. The summed E-state index contributed by atoms with van der Waals surface area (Å²) in [5, 5.41) is 11.8. The Morgan fingerprint density at radius 2 is 1.47 bits per heavy atom. The molecule has 2 unspecified atom stereocenters. The minimum atomic E-state index is -1.01. The van der Waals surface area contributed by atoms with Crippen LogP contribution in [-0.2, 0) is 24.6 Å². The normalized spacial score (nSPS) is 21.3. The molecule has 3 saturated heterocycles. The lowest BCUT2D eigenvalue weighted by molar-refractivity contribution is -0.136. The zero-order chi connectivity index (χ0) is 42.0. The highest BCUT2D eigenvalue weighted by Crippen LogP contribution is 2.47. The zero-order valence-electron chi connectivity index (χ0n) is 33.4. The third kappa shape index (κ3) is 6.71. The van der Waals surface area contributed by atoms with Crippen LogP contribution in [0.5, 0.6) is 0 Å². The van der Waals surface area contributed by atoms with Gasteiger partial charge in [0.1, 0.15) is 17.9 Å². The van der Waals surface area contributed by atoms with Crippen molar-refractivity contribution in [1.29, 1.82) is 5.26 Å². The molecule has 5 aliphatic heterocycles. The maximum Gasteiger partial charge on any atom is 0.262 e. The molecule has 4 aromatic rings. The van der Waals surface area contributed by atoms with E-state index in [-0.39, 0.29) is 41.7 Å². The summed E-state index contributed by atoms with van der Waals surface area (Å²) in [6, 6.07) is 25.8.